The Morgan fingerprint density at radius 1 is 1.32 bits per heavy atom. The SMILES string of the molecule is C[C@@H]1C[C@H]2OC(=O)[C@@]3(C)C(=O)CC[C@](C)([C@H]23)[C@@]1(O)CCc1ccoc1. The largest absolute Gasteiger partial charge is 0.472 e. The lowest BCUT2D eigenvalue weighted by atomic mass is 9.43. The fraction of sp³-hybridized carbons (Fsp3) is 0.700. The summed E-state index contributed by atoms with van der Waals surface area (Å²) < 4.78 is 10.8. The van der Waals surface area contributed by atoms with Crippen molar-refractivity contribution in [3.05, 3.63) is 24.2 Å². The molecule has 3 aliphatic rings. The molecule has 2 aliphatic carbocycles. The summed E-state index contributed by atoms with van der Waals surface area (Å²) in [5.74, 6) is -0.688. The van der Waals surface area contributed by atoms with Crippen molar-refractivity contribution in [2.45, 2.75) is 64.6 Å². The fourth-order valence-corrected chi connectivity index (χ4v) is 6.03. The van der Waals surface area contributed by atoms with Crippen molar-refractivity contribution in [3.8, 4) is 0 Å². The lowest BCUT2D eigenvalue weighted by molar-refractivity contribution is -0.215. The van der Waals surface area contributed by atoms with E-state index in [1.54, 1.807) is 19.5 Å². The number of Topliss-reactive ketones (excluding diaryl/α,β-unsaturated/α-hetero) is 1. The van der Waals surface area contributed by atoms with Gasteiger partial charge in [0, 0.05) is 17.8 Å². The van der Waals surface area contributed by atoms with Crippen LogP contribution in [0.25, 0.3) is 0 Å². The number of aliphatic hydroxyl groups is 1. The molecule has 0 radical (unpaired) electrons. The highest BCUT2D eigenvalue weighted by molar-refractivity contribution is 6.06. The molecule has 5 heteroatoms. The van der Waals surface area contributed by atoms with Gasteiger partial charge >= 0.3 is 5.97 Å². The number of ether oxygens (including phenoxy) is 1. The minimum absolute atomic E-state index is 0.00555. The molecule has 1 aromatic heterocycles. The van der Waals surface area contributed by atoms with Crippen LogP contribution in [0, 0.1) is 22.7 Å². The number of hydrogen-bond donors (Lipinski definition) is 1. The molecule has 2 heterocycles. The summed E-state index contributed by atoms with van der Waals surface area (Å²) in [7, 11) is 0. The van der Waals surface area contributed by atoms with E-state index in [4.69, 9.17) is 9.15 Å². The summed E-state index contributed by atoms with van der Waals surface area (Å²) in [6.07, 6.45) is 5.92. The summed E-state index contributed by atoms with van der Waals surface area (Å²) in [6.45, 7) is 5.82. The van der Waals surface area contributed by atoms with Gasteiger partial charge in [-0.3, -0.25) is 9.59 Å². The first kappa shape index (κ1) is 16.8. The van der Waals surface area contributed by atoms with Crippen molar-refractivity contribution in [2.24, 2.45) is 22.7 Å². The number of aryl methyl sites for hydroxylation is 1. The second-order valence-electron chi connectivity index (χ2n) is 8.66. The molecule has 3 fully saturated rings. The average molecular weight is 346 g/mol. The first-order chi connectivity index (χ1) is 11.7. The van der Waals surface area contributed by atoms with E-state index in [-0.39, 0.29) is 23.7 Å². The second kappa shape index (κ2) is 5.19. The average Bonchev–Trinajstić information content (AvgIpc) is 3.16. The highest BCUT2D eigenvalue weighted by Gasteiger charge is 2.73. The van der Waals surface area contributed by atoms with Crippen LogP contribution in [0.4, 0.5) is 0 Å². The summed E-state index contributed by atoms with van der Waals surface area (Å²) in [5, 5.41) is 11.8. The van der Waals surface area contributed by atoms with Gasteiger partial charge in [0.05, 0.1) is 18.1 Å². The molecule has 0 bridgehead atoms. The number of hydrogen-bond acceptors (Lipinski definition) is 5. The predicted molar refractivity (Wildman–Crippen MR) is 89.6 cm³/mol. The minimum atomic E-state index is -1.11. The molecule has 4 rings (SSSR count). The van der Waals surface area contributed by atoms with Crippen molar-refractivity contribution in [1.82, 2.24) is 0 Å². The van der Waals surface area contributed by atoms with Gasteiger partial charge in [0.2, 0.25) is 0 Å². The van der Waals surface area contributed by atoms with E-state index in [2.05, 4.69) is 6.92 Å². The van der Waals surface area contributed by atoms with Crippen LogP contribution in [-0.4, -0.2) is 28.6 Å². The Morgan fingerprint density at radius 2 is 2.08 bits per heavy atom. The maximum absolute atomic E-state index is 12.6. The van der Waals surface area contributed by atoms with E-state index in [9.17, 15) is 14.7 Å². The van der Waals surface area contributed by atoms with Crippen molar-refractivity contribution in [1.29, 1.82) is 0 Å². The first-order valence-corrected chi connectivity index (χ1v) is 9.21. The van der Waals surface area contributed by atoms with Gasteiger partial charge in [-0.05, 0) is 50.2 Å². The monoisotopic (exact) mass is 346 g/mol. The molecule has 2 saturated carbocycles. The third-order valence-corrected chi connectivity index (χ3v) is 7.58. The molecule has 5 nitrogen and oxygen atoms in total. The number of rotatable bonds is 3. The van der Waals surface area contributed by atoms with Gasteiger partial charge in [-0.1, -0.05) is 13.8 Å². The van der Waals surface area contributed by atoms with Crippen molar-refractivity contribution < 1.29 is 23.8 Å². The Hall–Kier alpha value is -1.62. The van der Waals surface area contributed by atoms with Crippen LogP contribution in [-0.2, 0) is 20.7 Å². The van der Waals surface area contributed by atoms with Crippen LogP contribution in [0.2, 0.25) is 0 Å². The predicted octanol–water partition coefficient (Wildman–Crippen LogP) is 2.90. The first-order valence-electron chi connectivity index (χ1n) is 9.21. The van der Waals surface area contributed by atoms with Gasteiger partial charge in [-0.15, -0.1) is 0 Å². The van der Waals surface area contributed by atoms with E-state index in [1.165, 1.54) is 0 Å². The topological polar surface area (TPSA) is 76.7 Å². The van der Waals surface area contributed by atoms with E-state index in [0.29, 0.717) is 32.1 Å². The van der Waals surface area contributed by atoms with Gasteiger partial charge in [0.25, 0.3) is 0 Å². The molecule has 0 unspecified atom stereocenters. The standard InChI is InChI=1S/C20H26O5/c1-12-10-14-16-18(2,7-5-15(21)19(16,3)17(22)25-14)20(12,23)8-4-13-6-9-24-11-13/h6,9,11-12,14,16,23H,4-5,7-8,10H2,1-3H3/t12-,14-,16+,18-,19+,20-/m1/s1. The molecule has 1 N–H and O–H groups in total. The van der Waals surface area contributed by atoms with Gasteiger partial charge in [-0.2, -0.15) is 0 Å². The summed E-state index contributed by atoms with van der Waals surface area (Å²) in [6, 6.07) is 1.92. The molecule has 1 saturated heterocycles. The maximum atomic E-state index is 12.6. The molecule has 1 aliphatic heterocycles. The zero-order valence-electron chi connectivity index (χ0n) is 15.1. The molecule has 136 valence electrons. The molecule has 0 amide bonds. The molecule has 25 heavy (non-hydrogen) atoms. The van der Waals surface area contributed by atoms with Crippen LogP contribution in [0.5, 0.6) is 0 Å². The number of ketones is 1. The smallest absolute Gasteiger partial charge is 0.320 e. The third kappa shape index (κ3) is 1.99. The third-order valence-electron chi connectivity index (χ3n) is 7.58. The zero-order chi connectivity index (χ0) is 18.0. The maximum Gasteiger partial charge on any atom is 0.320 e. The minimum Gasteiger partial charge on any atom is -0.472 e. The van der Waals surface area contributed by atoms with E-state index in [0.717, 1.165) is 5.56 Å². The summed E-state index contributed by atoms with van der Waals surface area (Å²) in [5.41, 5.74) is -1.52. The lowest BCUT2D eigenvalue weighted by Gasteiger charge is -2.60. The van der Waals surface area contributed by atoms with Crippen LogP contribution >= 0.6 is 0 Å². The van der Waals surface area contributed by atoms with Crippen LogP contribution in [0.1, 0.15) is 52.0 Å². The van der Waals surface area contributed by atoms with E-state index >= 15 is 0 Å². The Kier molecular flexibility index (Phi) is 3.50. The normalized spacial score (nSPS) is 46.0. The number of carbonyl (C=O) groups is 2. The molecule has 0 spiro atoms. The Bertz CT molecular complexity index is 710. The molecular weight excluding hydrogens is 320 g/mol. The Morgan fingerprint density at radius 3 is 2.76 bits per heavy atom. The lowest BCUT2D eigenvalue weighted by Crippen LogP contribution is -2.66. The van der Waals surface area contributed by atoms with Crippen LogP contribution in [0.3, 0.4) is 0 Å². The highest BCUT2D eigenvalue weighted by atomic mass is 16.6. The molecular formula is C20H26O5. The zero-order valence-corrected chi connectivity index (χ0v) is 15.1. The Labute approximate surface area is 147 Å². The fourth-order valence-electron chi connectivity index (χ4n) is 6.03. The van der Waals surface area contributed by atoms with E-state index < -0.39 is 22.4 Å². The summed E-state index contributed by atoms with van der Waals surface area (Å²) in [4.78, 5) is 25.2. The quantitative estimate of drug-likeness (QED) is 0.673. The Balaban J connectivity index is 1.74. The van der Waals surface area contributed by atoms with Crippen molar-refractivity contribution >= 4 is 11.8 Å². The van der Waals surface area contributed by atoms with Gasteiger partial charge in [-0.25, -0.2) is 0 Å². The van der Waals surface area contributed by atoms with Gasteiger partial charge < -0.3 is 14.3 Å². The van der Waals surface area contributed by atoms with Crippen molar-refractivity contribution in [2.75, 3.05) is 0 Å². The number of furan rings is 1. The molecule has 6 atom stereocenters. The van der Waals surface area contributed by atoms with Crippen LogP contribution in [0.15, 0.2) is 23.0 Å². The summed E-state index contributed by atoms with van der Waals surface area (Å²) >= 11 is 0. The van der Waals surface area contributed by atoms with Crippen molar-refractivity contribution in [3.63, 3.8) is 0 Å². The molecule has 0 aromatic carbocycles. The molecule has 1 aromatic rings. The van der Waals surface area contributed by atoms with Gasteiger partial charge in [0.1, 0.15) is 17.3 Å². The number of esters is 1. The number of carbonyl (C=O) groups excluding carboxylic acids is 2. The second-order valence-corrected chi connectivity index (χ2v) is 8.66. The highest BCUT2D eigenvalue weighted by Crippen LogP contribution is 2.66. The van der Waals surface area contributed by atoms with Crippen LogP contribution < -0.4 is 0 Å². The van der Waals surface area contributed by atoms with E-state index in [1.807, 2.05) is 13.0 Å². The van der Waals surface area contributed by atoms with Gasteiger partial charge in [0.15, 0.2) is 0 Å².